The lowest BCUT2D eigenvalue weighted by molar-refractivity contribution is 0.132. The summed E-state index contributed by atoms with van der Waals surface area (Å²) in [6, 6.07) is 0. The van der Waals surface area contributed by atoms with Crippen LogP contribution in [0, 0.1) is 17.8 Å². The molecule has 0 bridgehead atoms. The van der Waals surface area contributed by atoms with Crippen LogP contribution in [-0.2, 0) is 4.74 Å². The second-order valence-corrected chi connectivity index (χ2v) is 7.78. The fraction of sp³-hybridized carbons (Fsp3) is 0.824. The summed E-state index contributed by atoms with van der Waals surface area (Å²) in [6.45, 7) is 7.77. The minimum atomic E-state index is -0.860. The van der Waals surface area contributed by atoms with E-state index in [0.29, 0.717) is 17.9 Å². The Kier molecular flexibility index (Phi) is 4.08. The smallest absolute Gasteiger partial charge is 0.112 e. The number of nitrogens with two attached hydrogens (primary N) is 1. The first-order chi connectivity index (χ1) is 10.3. The number of aliphatic imine (C=N–C) groups is 1. The average Bonchev–Trinajstić information content (AvgIpc) is 3.17. The van der Waals surface area contributed by atoms with Crippen molar-refractivity contribution in [3.05, 3.63) is 11.8 Å². The SMILES string of the molecule is COC1CC1C1=CCC(C(N)O)C(N2CC(C)CC2(C)C)=N1. The largest absolute Gasteiger partial charge is 0.381 e. The summed E-state index contributed by atoms with van der Waals surface area (Å²) in [5.74, 6) is 1.92. The molecule has 0 aromatic carbocycles. The Bertz CT molecular complexity index is 498. The van der Waals surface area contributed by atoms with Crippen molar-refractivity contribution in [2.45, 2.75) is 57.9 Å². The number of aliphatic hydroxyl groups excluding tert-OH is 1. The van der Waals surface area contributed by atoms with Crippen LogP contribution >= 0.6 is 0 Å². The van der Waals surface area contributed by atoms with Gasteiger partial charge in [0.05, 0.1) is 12.0 Å². The molecule has 2 fully saturated rings. The Hall–Kier alpha value is -0.910. The number of likely N-dealkylation sites (tertiary alicyclic amines) is 1. The highest BCUT2D eigenvalue weighted by Crippen LogP contribution is 2.43. The van der Waals surface area contributed by atoms with E-state index in [-0.39, 0.29) is 11.5 Å². The van der Waals surface area contributed by atoms with Gasteiger partial charge < -0.3 is 20.5 Å². The lowest BCUT2D eigenvalue weighted by Gasteiger charge is -2.39. The molecule has 0 spiro atoms. The molecule has 3 N–H and O–H groups in total. The number of ether oxygens (including phenoxy) is 1. The van der Waals surface area contributed by atoms with Crippen molar-refractivity contribution in [2.24, 2.45) is 28.5 Å². The first-order valence-electron chi connectivity index (χ1n) is 8.36. The number of hydrogen-bond donors (Lipinski definition) is 2. The highest BCUT2D eigenvalue weighted by Gasteiger charge is 2.45. The monoisotopic (exact) mass is 307 g/mol. The van der Waals surface area contributed by atoms with E-state index >= 15 is 0 Å². The van der Waals surface area contributed by atoms with Crippen LogP contribution in [0.15, 0.2) is 16.8 Å². The number of nitrogens with zero attached hydrogens (tertiary/aromatic N) is 2. The zero-order valence-corrected chi connectivity index (χ0v) is 14.1. The summed E-state index contributed by atoms with van der Waals surface area (Å²) in [4.78, 5) is 7.31. The molecule has 22 heavy (non-hydrogen) atoms. The second-order valence-electron chi connectivity index (χ2n) is 7.78. The quantitative estimate of drug-likeness (QED) is 0.779. The Morgan fingerprint density at radius 2 is 2.23 bits per heavy atom. The molecule has 3 aliphatic rings. The fourth-order valence-corrected chi connectivity index (χ4v) is 4.13. The molecular weight excluding hydrogens is 278 g/mol. The number of methoxy groups -OCH3 is 1. The van der Waals surface area contributed by atoms with Crippen molar-refractivity contribution in [3.8, 4) is 0 Å². The Balaban J connectivity index is 1.88. The van der Waals surface area contributed by atoms with E-state index in [4.69, 9.17) is 15.5 Å². The summed E-state index contributed by atoms with van der Waals surface area (Å²) < 4.78 is 5.42. The van der Waals surface area contributed by atoms with Crippen molar-refractivity contribution in [2.75, 3.05) is 13.7 Å². The predicted molar refractivity (Wildman–Crippen MR) is 87.3 cm³/mol. The first kappa shape index (κ1) is 16.0. The summed E-state index contributed by atoms with van der Waals surface area (Å²) in [5.41, 5.74) is 7.02. The molecule has 5 heteroatoms. The molecule has 0 aromatic rings. The molecule has 2 heterocycles. The minimum Gasteiger partial charge on any atom is -0.381 e. The zero-order valence-electron chi connectivity index (χ0n) is 14.1. The van der Waals surface area contributed by atoms with E-state index in [0.717, 1.165) is 37.3 Å². The maximum absolute atomic E-state index is 10.00. The average molecular weight is 307 g/mol. The lowest BCUT2D eigenvalue weighted by atomic mass is 9.93. The van der Waals surface area contributed by atoms with Crippen molar-refractivity contribution in [1.82, 2.24) is 4.90 Å². The third-order valence-corrected chi connectivity index (χ3v) is 5.33. The van der Waals surface area contributed by atoms with Gasteiger partial charge in [-0.25, -0.2) is 4.99 Å². The van der Waals surface area contributed by atoms with Gasteiger partial charge in [-0.2, -0.15) is 0 Å². The molecule has 3 rings (SSSR count). The topological polar surface area (TPSA) is 71.1 Å². The van der Waals surface area contributed by atoms with Crippen molar-refractivity contribution < 1.29 is 9.84 Å². The maximum atomic E-state index is 10.00. The molecule has 0 radical (unpaired) electrons. The molecule has 2 aliphatic heterocycles. The Labute approximate surface area is 133 Å². The first-order valence-corrected chi connectivity index (χ1v) is 8.36. The molecule has 1 aliphatic carbocycles. The standard InChI is InChI=1S/C17H29N3O2/c1-10-8-17(2,3)20(9-10)16-11(15(18)21)5-6-13(19-16)12-7-14(12)22-4/h6,10-12,14-15,21H,5,7-9,18H2,1-4H3. The second kappa shape index (κ2) is 5.62. The van der Waals surface area contributed by atoms with Crippen LogP contribution in [0.5, 0.6) is 0 Å². The molecular formula is C17H29N3O2. The van der Waals surface area contributed by atoms with Gasteiger partial charge in [-0.1, -0.05) is 13.0 Å². The van der Waals surface area contributed by atoms with Crippen LogP contribution in [0.25, 0.3) is 0 Å². The minimum absolute atomic E-state index is 0.0675. The summed E-state index contributed by atoms with van der Waals surface area (Å²) in [5, 5.41) is 10.00. The zero-order chi connectivity index (χ0) is 16.1. The van der Waals surface area contributed by atoms with E-state index in [9.17, 15) is 5.11 Å². The molecule has 1 saturated carbocycles. The molecule has 5 unspecified atom stereocenters. The summed E-state index contributed by atoms with van der Waals surface area (Å²) >= 11 is 0. The predicted octanol–water partition coefficient (Wildman–Crippen LogP) is 1.72. The van der Waals surface area contributed by atoms with Crippen LogP contribution in [0.2, 0.25) is 0 Å². The molecule has 5 nitrogen and oxygen atoms in total. The van der Waals surface area contributed by atoms with Gasteiger partial charge in [-0.3, -0.25) is 0 Å². The third kappa shape index (κ3) is 2.82. The van der Waals surface area contributed by atoms with E-state index < -0.39 is 6.23 Å². The van der Waals surface area contributed by atoms with Crippen molar-refractivity contribution in [1.29, 1.82) is 0 Å². The van der Waals surface area contributed by atoms with Crippen molar-refractivity contribution in [3.63, 3.8) is 0 Å². The van der Waals surface area contributed by atoms with Gasteiger partial charge in [0.15, 0.2) is 0 Å². The van der Waals surface area contributed by atoms with Crippen LogP contribution in [0.4, 0.5) is 0 Å². The van der Waals surface area contributed by atoms with Gasteiger partial charge in [0, 0.05) is 30.8 Å². The Morgan fingerprint density at radius 3 is 2.73 bits per heavy atom. The number of rotatable bonds is 3. The number of hydrogen-bond acceptors (Lipinski definition) is 5. The Morgan fingerprint density at radius 1 is 1.50 bits per heavy atom. The normalized spacial score (nSPS) is 38.5. The van der Waals surface area contributed by atoms with E-state index in [1.54, 1.807) is 7.11 Å². The van der Waals surface area contributed by atoms with Gasteiger partial charge in [-0.15, -0.1) is 0 Å². The number of amidine groups is 1. The van der Waals surface area contributed by atoms with E-state index in [1.165, 1.54) is 0 Å². The molecule has 0 aromatic heterocycles. The number of aliphatic hydroxyl groups is 1. The molecule has 124 valence electrons. The summed E-state index contributed by atoms with van der Waals surface area (Å²) in [7, 11) is 1.76. The highest BCUT2D eigenvalue weighted by molar-refractivity contribution is 5.88. The molecule has 5 atom stereocenters. The number of allylic oxidation sites excluding steroid dienone is 1. The van der Waals surface area contributed by atoms with Gasteiger partial charge >= 0.3 is 0 Å². The van der Waals surface area contributed by atoms with Crippen molar-refractivity contribution >= 4 is 5.84 Å². The summed E-state index contributed by atoms with van der Waals surface area (Å²) in [6.07, 6.45) is 4.54. The van der Waals surface area contributed by atoms with E-state index in [1.807, 2.05) is 0 Å². The maximum Gasteiger partial charge on any atom is 0.112 e. The van der Waals surface area contributed by atoms with Gasteiger partial charge in [0.25, 0.3) is 0 Å². The van der Waals surface area contributed by atoms with Crippen LogP contribution in [0.3, 0.4) is 0 Å². The molecule has 0 amide bonds. The fourth-order valence-electron chi connectivity index (χ4n) is 4.13. The van der Waals surface area contributed by atoms with Gasteiger partial charge in [0.2, 0.25) is 0 Å². The lowest BCUT2D eigenvalue weighted by Crippen LogP contribution is -2.50. The van der Waals surface area contributed by atoms with Gasteiger partial charge in [0.1, 0.15) is 12.1 Å². The van der Waals surface area contributed by atoms with E-state index in [2.05, 4.69) is 31.7 Å². The highest BCUT2D eigenvalue weighted by atomic mass is 16.5. The van der Waals surface area contributed by atoms with Crippen LogP contribution < -0.4 is 5.73 Å². The third-order valence-electron chi connectivity index (χ3n) is 5.33. The van der Waals surface area contributed by atoms with Gasteiger partial charge in [-0.05, 0) is 39.0 Å². The van der Waals surface area contributed by atoms with Crippen LogP contribution in [-0.4, -0.2) is 47.4 Å². The molecule has 1 saturated heterocycles. The van der Waals surface area contributed by atoms with Crippen LogP contribution in [0.1, 0.15) is 40.0 Å².